The topological polar surface area (TPSA) is 66.4 Å². The smallest absolute Gasteiger partial charge is 0.220 e. The van der Waals surface area contributed by atoms with Gasteiger partial charge in [0.15, 0.2) is 5.78 Å². The Morgan fingerprint density at radius 2 is 1.87 bits per heavy atom. The Bertz CT molecular complexity index is 625. The quantitative estimate of drug-likeness (QED) is 0.729. The molecule has 2 atom stereocenters. The van der Waals surface area contributed by atoms with E-state index >= 15 is 0 Å². The highest BCUT2D eigenvalue weighted by Gasteiger charge is 2.15. The molecule has 2 aromatic rings. The normalized spacial score (nSPS) is 13.3. The second kappa shape index (κ2) is 8.60. The Balaban J connectivity index is 1.73. The summed E-state index contributed by atoms with van der Waals surface area (Å²) in [5.74, 6) is -0.171. The van der Waals surface area contributed by atoms with E-state index < -0.39 is 6.10 Å². The molecule has 1 aromatic carbocycles. The van der Waals surface area contributed by atoms with Gasteiger partial charge in [-0.15, -0.1) is 11.3 Å². The van der Waals surface area contributed by atoms with Gasteiger partial charge in [-0.3, -0.25) is 9.59 Å². The lowest BCUT2D eigenvalue weighted by Gasteiger charge is -2.18. The molecule has 0 bridgehead atoms. The first-order valence-electron chi connectivity index (χ1n) is 7.65. The van der Waals surface area contributed by atoms with E-state index in [1.807, 2.05) is 48.7 Å². The maximum absolute atomic E-state index is 11.9. The van der Waals surface area contributed by atoms with Gasteiger partial charge in [0.1, 0.15) is 0 Å². The molecule has 0 fully saturated rings. The van der Waals surface area contributed by atoms with Crippen LogP contribution in [0.3, 0.4) is 0 Å². The molecule has 1 heterocycles. The monoisotopic (exact) mass is 331 g/mol. The number of ketones is 1. The zero-order chi connectivity index (χ0) is 16.7. The van der Waals surface area contributed by atoms with E-state index in [0.29, 0.717) is 11.3 Å². The highest BCUT2D eigenvalue weighted by Crippen LogP contribution is 2.18. The van der Waals surface area contributed by atoms with Crippen LogP contribution >= 0.6 is 11.3 Å². The lowest BCUT2D eigenvalue weighted by atomic mass is 10.0. The summed E-state index contributed by atoms with van der Waals surface area (Å²) in [5.41, 5.74) is 0.835. The minimum absolute atomic E-state index is 0.00729. The third kappa shape index (κ3) is 5.62. The molecule has 2 rings (SSSR count). The summed E-state index contributed by atoms with van der Waals surface area (Å²) in [7, 11) is 0. The predicted molar refractivity (Wildman–Crippen MR) is 91.5 cm³/mol. The summed E-state index contributed by atoms with van der Waals surface area (Å²) >= 11 is 1.39. The van der Waals surface area contributed by atoms with Crippen molar-refractivity contribution in [3.8, 4) is 0 Å². The maximum Gasteiger partial charge on any atom is 0.220 e. The molecule has 0 radical (unpaired) electrons. The van der Waals surface area contributed by atoms with Gasteiger partial charge in [-0.2, -0.15) is 0 Å². The number of thiophene rings is 1. The Morgan fingerprint density at radius 1 is 1.13 bits per heavy atom. The number of aliphatic hydroxyl groups excluding tert-OH is 1. The van der Waals surface area contributed by atoms with E-state index in [0.717, 1.165) is 5.56 Å². The van der Waals surface area contributed by atoms with Gasteiger partial charge in [-0.25, -0.2) is 0 Å². The van der Waals surface area contributed by atoms with Crippen molar-refractivity contribution >= 4 is 23.0 Å². The van der Waals surface area contributed by atoms with Crippen LogP contribution in [0.5, 0.6) is 0 Å². The van der Waals surface area contributed by atoms with Crippen molar-refractivity contribution in [1.82, 2.24) is 5.32 Å². The molecule has 0 saturated carbocycles. The number of aliphatic hydroxyl groups is 1. The van der Waals surface area contributed by atoms with Crippen LogP contribution in [0.4, 0.5) is 0 Å². The molecule has 2 unspecified atom stereocenters. The summed E-state index contributed by atoms with van der Waals surface area (Å²) in [6.07, 6.45) is 0.205. The first-order chi connectivity index (χ1) is 11.1. The summed E-state index contributed by atoms with van der Waals surface area (Å²) in [6.45, 7) is 1.85. The highest BCUT2D eigenvalue weighted by atomic mass is 32.1. The zero-order valence-corrected chi connectivity index (χ0v) is 13.9. The standard InChI is InChI=1S/C18H21NO3S/c1-13(12-16(21)14-6-3-2-4-7-14)19-18(22)10-9-15(20)17-8-5-11-23-17/h2-8,11,13,16,21H,9-10,12H2,1H3,(H,19,22). The average Bonchev–Trinajstić information content (AvgIpc) is 3.07. The molecular formula is C18H21NO3S. The van der Waals surface area contributed by atoms with Crippen molar-refractivity contribution < 1.29 is 14.7 Å². The lowest BCUT2D eigenvalue weighted by Crippen LogP contribution is -2.33. The average molecular weight is 331 g/mol. The molecule has 0 aliphatic heterocycles. The van der Waals surface area contributed by atoms with Crippen molar-refractivity contribution in [2.75, 3.05) is 0 Å². The number of benzene rings is 1. The first-order valence-corrected chi connectivity index (χ1v) is 8.53. The first kappa shape index (κ1) is 17.4. The van der Waals surface area contributed by atoms with Crippen LogP contribution < -0.4 is 5.32 Å². The number of carbonyl (C=O) groups excluding carboxylic acids is 2. The summed E-state index contributed by atoms with van der Waals surface area (Å²) in [6, 6.07) is 12.8. The van der Waals surface area contributed by atoms with E-state index in [4.69, 9.17) is 0 Å². The molecule has 0 saturated heterocycles. The van der Waals surface area contributed by atoms with Crippen LogP contribution in [-0.4, -0.2) is 22.8 Å². The van der Waals surface area contributed by atoms with Crippen LogP contribution in [0.15, 0.2) is 47.8 Å². The van der Waals surface area contributed by atoms with Gasteiger partial charge in [0.05, 0.1) is 11.0 Å². The largest absolute Gasteiger partial charge is 0.388 e. The molecule has 5 heteroatoms. The highest BCUT2D eigenvalue weighted by molar-refractivity contribution is 7.12. The Labute approximate surface area is 140 Å². The predicted octanol–water partition coefficient (Wildman–Crippen LogP) is 3.34. The van der Waals surface area contributed by atoms with Crippen LogP contribution in [0.2, 0.25) is 0 Å². The zero-order valence-electron chi connectivity index (χ0n) is 13.1. The van der Waals surface area contributed by atoms with Gasteiger partial charge in [0.25, 0.3) is 0 Å². The molecule has 1 aromatic heterocycles. The number of Topliss-reactive ketones (excluding diaryl/α,β-unsaturated/α-hetero) is 1. The number of rotatable bonds is 8. The number of nitrogens with one attached hydrogen (secondary N) is 1. The van der Waals surface area contributed by atoms with Crippen LogP contribution in [0.25, 0.3) is 0 Å². The van der Waals surface area contributed by atoms with Gasteiger partial charge in [-0.05, 0) is 30.4 Å². The van der Waals surface area contributed by atoms with Crippen molar-refractivity contribution in [3.63, 3.8) is 0 Å². The molecule has 0 aliphatic rings. The van der Waals surface area contributed by atoms with Crippen LogP contribution in [0.1, 0.15) is 47.5 Å². The fourth-order valence-corrected chi connectivity index (χ4v) is 3.03. The summed E-state index contributed by atoms with van der Waals surface area (Å²) in [5, 5.41) is 14.8. The summed E-state index contributed by atoms with van der Waals surface area (Å²) < 4.78 is 0. The van der Waals surface area contributed by atoms with Gasteiger partial charge in [-0.1, -0.05) is 36.4 Å². The minimum atomic E-state index is -0.612. The molecular weight excluding hydrogens is 310 g/mol. The number of carbonyl (C=O) groups is 2. The third-order valence-corrected chi connectivity index (χ3v) is 4.45. The molecule has 0 aliphatic carbocycles. The van der Waals surface area contributed by atoms with Gasteiger partial charge in [0.2, 0.25) is 5.91 Å². The fraction of sp³-hybridized carbons (Fsp3) is 0.333. The van der Waals surface area contributed by atoms with Gasteiger partial charge >= 0.3 is 0 Å². The molecule has 23 heavy (non-hydrogen) atoms. The molecule has 0 spiro atoms. The Morgan fingerprint density at radius 3 is 2.52 bits per heavy atom. The lowest BCUT2D eigenvalue weighted by molar-refractivity contribution is -0.121. The van der Waals surface area contributed by atoms with Gasteiger partial charge < -0.3 is 10.4 Å². The number of amides is 1. The fourth-order valence-electron chi connectivity index (χ4n) is 2.34. The second-order valence-corrected chi connectivity index (χ2v) is 6.48. The molecule has 4 nitrogen and oxygen atoms in total. The second-order valence-electron chi connectivity index (χ2n) is 5.53. The number of hydrogen-bond acceptors (Lipinski definition) is 4. The van der Waals surface area contributed by atoms with E-state index in [1.165, 1.54) is 11.3 Å². The third-order valence-electron chi connectivity index (χ3n) is 3.54. The SMILES string of the molecule is CC(CC(O)c1ccccc1)NC(=O)CCC(=O)c1cccs1. The molecule has 1 amide bonds. The van der Waals surface area contributed by atoms with Gasteiger partial charge in [0, 0.05) is 18.9 Å². The molecule has 2 N–H and O–H groups in total. The summed E-state index contributed by atoms with van der Waals surface area (Å²) in [4.78, 5) is 24.4. The van der Waals surface area contributed by atoms with E-state index in [1.54, 1.807) is 6.07 Å². The minimum Gasteiger partial charge on any atom is -0.388 e. The number of hydrogen-bond donors (Lipinski definition) is 2. The van der Waals surface area contributed by atoms with Crippen molar-refractivity contribution in [3.05, 3.63) is 58.3 Å². The Hall–Kier alpha value is -1.98. The van der Waals surface area contributed by atoms with Crippen molar-refractivity contribution in [2.24, 2.45) is 0 Å². The van der Waals surface area contributed by atoms with Crippen LogP contribution in [-0.2, 0) is 4.79 Å². The molecule has 122 valence electrons. The van der Waals surface area contributed by atoms with Crippen molar-refractivity contribution in [1.29, 1.82) is 0 Å². The Kier molecular flexibility index (Phi) is 6.50. The van der Waals surface area contributed by atoms with E-state index in [9.17, 15) is 14.7 Å². The maximum atomic E-state index is 11.9. The van der Waals surface area contributed by atoms with E-state index in [2.05, 4.69) is 5.32 Å². The van der Waals surface area contributed by atoms with E-state index in [-0.39, 0.29) is 30.6 Å². The van der Waals surface area contributed by atoms with Crippen molar-refractivity contribution in [2.45, 2.75) is 38.3 Å². The van der Waals surface area contributed by atoms with Crippen LogP contribution in [0, 0.1) is 0 Å².